The molecule has 0 saturated carbocycles. The molecular weight excluding hydrogens is 426 g/mol. The molecule has 1 atom stereocenters. The van der Waals surface area contributed by atoms with Crippen LogP contribution in [0.15, 0.2) is 48.7 Å². The van der Waals surface area contributed by atoms with Gasteiger partial charge in [0.05, 0.1) is 18.3 Å². The SMILES string of the molecule is COc1cc(-c2cccc3c(C(=O)N4CCCC45CCCNC5=O)cccc23)c(Cl)cn1. The molecule has 3 heterocycles. The number of rotatable bonds is 3. The van der Waals surface area contributed by atoms with Crippen LogP contribution >= 0.6 is 11.6 Å². The summed E-state index contributed by atoms with van der Waals surface area (Å²) in [5, 5.41) is 5.22. The largest absolute Gasteiger partial charge is 0.481 e. The minimum Gasteiger partial charge on any atom is -0.481 e. The van der Waals surface area contributed by atoms with Gasteiger partial charge >= 0.3 is 0 Å². The number of likely N-dealkylation sites (tertiary alicyclic amines) is 1. The second kappa shape index (κ2) is 8.10. The van der Waals surface area contributed by atoms with Gasteiger partial charge in [-0.15, -0.1) is 0 Å². The Labute approximate surface area is 191 Å². The first kappa shape index (κ1) is 20.8. The number of nitrogens with one attached hydrogen (secondary N) is 1. The zero-order valence-electron chi connectivity index (χ0n) is 17.9. The molecule has 7 heteroatoms. The van der Waals surface area contributed by atoms with Crippen LogP contribution in [-0.2, 0) is 4.79 Å². The number of amides is 2. The summed E-state index contributed by atoms with van der Waals surface area (Å²) in [5.74, 6) is 0.350. The van der Waals surface area contributed by atoms with Crippen LogP contribution in [0.25, 0.3) is 21.9 Å². The molecule has 0 radical (unpaired) electrons. The van der Waals surface area contributed by atoms with Crippen LogP contribution in [0.2, 0.25) is 5.02 Å². The average molecular weight is 450 g/mol. The fourth-order valence-electron chi connectivity index (χ4n) is 5.15. The molecule has 2 aliphatic rings. The molecule has 2 fully saturated rings. The van der Waals surface area contributed by atoms with Gasteiger partial charge in [0.2, 0.25) is 11.8 Å². The Bertz CT molecular complexity index is 1230. The molecule has 3 aromatic rings. The summed E-state index contributed by atoms with van der Waals surface area (Å²) in [7, 11) is 1.56. The third-order valence-corrected chi connectivity index (χ3v) is 6.99. The molecule has 0 bridgehead atoms. The highest BCUT2D eigenvalue weighted by molar-refractivity contribution is 6.33. The smallest absolute Gasteiger partial charge is 0.255 e. The maximum atomic E-state index is 13.8. The Balaban J connectivity index is 1.62. The Morgan fingerprint density at radius 2 is 1.91 bits per heavy atom. The van der Waals surface area contributed by atoms with Crippen molar-refractivity contribution in [3.63, 3.8) is 0 Å². The van der Waals surface area contributed by atoms with E-state index in [2.05, 4.69) is 10.3 Å². The monoisotopic (exact) mass is 449 g/mol. The van der Waals surface area contributed by atoms with E-state index in [0.717, 1.165) is 34.7 Å². The molecule has 5 rings (SSSR count). The van der Waals surface area contributed by atoms with E-state index in [1.54, 1.807) is 24.3 Å². The first-order valence-electron chi connectivity index (χ1n) is 10.9. The summed E-state index contributed by atoms with van der Waals surface area (Å²) in [6.07, 6.45) is 4.72. The number of carbonyl (C=O) groups excluding carboxylic acids is 2. The molecule has 1 unspecified atom stereocenters. The number of aromatic nitrogens is 1. The normalized spacial score (nSPS) is 20.6. The van der Waals surface area contributed by atoms with E-state index in [1.807, 2.05) is 36.4 Å². The topological polar surface area (TPSA) is 71.5 Å². The van der Waals surface area contributed by atoms with Gasteiger partial charge in [-0.3, -0.25) is 9.59 Å². The van der Waals surface area contributed by atoms with Crippen molar-refractivity contribution >= 4 is 34.2 Å². The number of hydrogen-bond acceptors (Lipinski definition) is 4. The summed E-state index contributed by atoms with van der Waals surface area (Å²) in [6, 6.07) is 13.4. The number of ether oxygens (including phenoxy) is 1. The molecule has 1 aromatic heterocycles. The van der Waals surface area contributed by atoms with Crippen molar-refractivity contribution in [2.45, 2.75) is 31.2 Å². The predicted octanol–water partition coefficient (Wildman–Crippen LogP) is 4.45. The van der Waals surface area contributed by atoms with Crippen molar-refractivity contribution in [2.24, 2.45) is 0 Å². The molecular formula is C25H24ClN3O3. The van der Waals surface area contributed by atoms with E-state index in [-0.39, 0.29) is 11.8 Å². The van der Waals surface area contributed by atoms with E-state index in [0.29, 0.717) is 42.4 Å². The molecule has 2 aliphatic heterocycles. The number of pyridine rings is 1. The number of nitrogens with zero attached hydrogens (tertiary/aromatic N) is 2. The number of carbonyl (C=O) groups is 2. The first-order valence-corrected chi connectivity index (χ1v) is 11.2. The number of methoxy groups -OCH3 is 1. The van der Waals surface area contributed by atoms with Gasteiger partial charge in [-0.25, -0.2) is 4.98 Å². The first-order chi connectivity index (χ1) is 15.5. The van der Waals surface area contributed by atoms with Gasteiger partial charge in [-0.2, -0.15) is 0 Å². The van der Waals surface area contributed by atoms with E-state index in [9.17, 15) is 9.59 Å². The number of hydrogen-bond donors (Lipinski definition) is 1. The quantitative estimate of drug-likeness (QED) is 0.641. The minimum atomic E-state index is -0.725. The van der Waals surface area contributed by atoms with Crippen molar-refractivity contribution < 1.29 is 14.3 Å². The molecule has 2 aromatic carbocycles. The maximum absolute atomic E-state index is 13.8. The fraction of sp³-hybridized carbons (Fsp3) is 0.320. The third-order valence-electron chi connectivity index (χ3n) is 6.69. The molecule has 2 saturated heterocycles. The second-order valence-corrected chi connectivity index (χ2v) is 8.77. The standard InChI is InChI=1S/C25H24ClN3O3/c1-32-22-14-20(21(26)15-28-22)18-8-2-7-17-16(18)6-3-9-19(17)23(30)29-13-5-11-25(29)10-4-12-27-24(25)31/h2-3,6-9,14-15H,4-5,10-13H2,1H3,(H,27,31). The molecule has 164 valence electrons. The molecule has 2 amide bonds. The molecule has 1 N–H and O–H groups in total. The molecule has 0 aliphatic carbocycles. The second-order valence-electron chi connectivity index (χ2n) is 8.36. The Morgan fingerprint density at radius 1 is 1.12 bits per heavy atom. The zero-order valence-corrected chi connectivity index (χ0v) is 18.6. The lowest BCUT2D eigenvalue weighted by atomic mass is 9.86. The van der Waals surface area contributed by atoms with Gasteiger partial charge in [0, 0.05) is 30.3 Å². The summed E-state index contributed by atoms with van der Waals surface area (Å²) in [4.78, 5) is 32.6. The number of piperidine rings is 1. The van der Waals surface area contributed by atoms with Gasteiger partial charge < -0.3 is 15.0 Å². The van der Waals surface area contributed by atoms with Crippen molar-refractivity contribution in [2.75, 3.05) is 20.2 Å². The lowest BCUT2D eigenvalue weighted by Gasteiger charge is -2.40. The van der Waals surface area contributed by atoms with E-state index in [4.69, 9.17) is 16.3 Å². The summed E-state index contributed by atoms with van der Waals surface area (Å²) in [6.45, 7) is 1.27. The lowest BCUT2D eigenvalue weighted by Crippen LogP contribution is -2.60. The van der Waals surface area contributed by atoms with Crippen LogP contribution in [0.5, 0.6) is 5.88 Å². The van der Waals surface area contributed by atoms with Crippen LogP contribution in [0.3, 0.4) is 0 Å². The Kier molecular flexibility index (Phi) is 5.25. The molecule has 6 nitrogen and oxygen atoms in total. The number of benzene rings is 2. The summed E-state index contributed by atoms with van der Waals surface area (Å²) in [5.41, 5.74) is 1.56. The number of halogens is 1. The molecule has 32 heavy (non-hydrogen) atoms. The van der Waals surface area contributed by atoms with Gasteiger partial charge in [0.25, 0.3) is 5.91 Å². The summed E-state index contributed by atoms with van der Waals surface area (Å²) < 4.78 is 5.28. The van der Waals surface area contributed by atoms with Gasteiger partial charge in [0.15, 0.2) is 0 Å². The van der Waals surface area contributed by atoms with Crippen LogP contribution in [0.4, 0.5) is 0 Å². The Morgan fingerprint density at radius 3 is 2.72 bits per heavy atom. The van der Waals surface area contributed by atoms with Crippen LogP contribution in [0.1, 0.15) is 36.0 Å². The van der Waals surface area contributed by atoms with Crippen LogP contribution in [-0.4, -0.2) is 47.4 Å². The summed E-state index contributed by atoms with van der Waals surface area (Å²) >= 11 is 6.47. The van der Waals surface area contributed by atoms with Gasteiger partial charge in [0.1, 0.15) is 5.54 Å². The fourth-order valence-corrected chi connectivity index (χ4v) is 5.35. The van der Waals surface area contributed by atoms with Crippen molar-refractivity contribution in [3.05, 3.63) is 59.2 Å². The van der Waals surface area contributed by atoms with Gasteiger partial charge in [-0.1, -0.05) is 41.9 Å². The number of fused-ring (bicyclic) bond motifs is 1. The minimum absolute atomic E-state index is 0.0220. The lowest BCUT2D eigenvalue weighted by molar-refractivity contribution is -0.133. The van der Waals surface area contributed by atoms with E-state index >= 15 is 0 Å². The van der Waals surface area contributed by atoms with Crippen LogP contribution in [0, 0.1) is 0 Å². The predicted molar refractivity (Wildman–Crippen MR) is 124 cm³/mol. The highest BCUT2D eigenvalue weighted by Crippen LogP contribution is 2.39. The van der Waals surface area contributed by atoms with Gasteiger partial charge in [-0.05, 0) is 48.1 Å². The highest BCUT2D eigenvalue weighted by Gasteiger charge is 2.50. The molecule has 1 spiro atoms. The van der Waals surface area contributed by atoms with Crippen LogP contribution < -0.4 is 10.1 Å². The van der Waals surface area contributed by atoms with Crippen molar-refractivity contribution in [3.8, 4) is 17.0 Å². The highest BCUT2D eigenvalue weighted by atomic mass is 35.5. The zero-order chi connectivity index (χ0) is 22.3. The Hall–Kier alpha value is -3.12. The average Bonchev–Trinajstić information content (AvgIpc) is 3.24. The van der Waals surface area contributed by atoms with E-state index < -0.39 is 5.54 Å². The maximum Gasteiger partial charge on any atom is 0.255 e. The van der Waals surface area contributed by atoms with Crippen molar-refractivity contribution in [1.29, 1.82) is 0 Å². The van der Waals surface area contributed by atoms with E-state index in [1.165, 1.54) is 0 Å². The third kappa shape index (κ3) is 3.21. The van der Waals surface area contributed by atoms with Crippen molar-refractivity contribution in [1.82, 2.24) is 15.2 Å².